The molecule has 1 fully saturated rings. The van der Waals surface area contributed by atoms with E-state index in [0.717, 1.165) is 54.6 Å². The highest BCUT2D eigenvalue weighted by molar-refractivity contribution is 5.98. The minimum absolute atomic E-state index is 0.0399. The number of aromatic amines is 1. The van der Waals surface area contributed by atoms with Gasteiger partial charge in [0, 0.05) is 34.6 Å². The molecule has 2 heterocycles. The van der Waals surface area contributed by atoms with Gasteiger partial charge in [0.2, 0.25) is 5.91 Å². The molecule has 1 aliphatic rings. The van der Waals surface area contributed by atoms with Gasteiger partial charge in [-0.2, -0.15) is 0 Å². The fourth-order valence-electron chi connectivity index (χ4n) is 4.55. The van der Waals surface area contributed by atoms with Crippen LogP contribution in [0.1, 0.15) is 61.1 Å². The summed E-state index contributed by atoms with van der Waals surface area (Å²) in [6, 6.07) is 16.3. The monoisotopic (exact) mass is 447 g/mol. The van der Waals surface area contributed by atoms with Gasteiger partial charge in [0.15, 0.2) is 0 Å². The quantitative estimate of drug-likeness (QED) is 0.481. The van der Waals surface area contributed by atoms with E-state index in [9.17, 15) is 9.59 Å². The van der Waals surface area contributed by atoms with Gasteiger partial charge in [0.05, 0.1) is 6.61 Å². The lowest BCUT2D eigenvalue weighted by atomic mass is 9.89. The maximum absolute atomic E-state index is 12.6. The number of carbonyl (C=O) groups excluding carboxylic acids is 2. The predicted octanol–water partition coefficient (Wildman–Crippen LogP) is 5.32. The van der Waals surface area contributed by atoms with E-state index in [1.807, 2.05) is 51.1 Å². The van der Waals surface area contributed by atoms with Crippen LogP contribution in [0.25, 0.3) is 10.9 Å². The number of esters is 1. The number of fused-ring (bicyclic) bond motifs is 1. The first kappa shape index (κ1) is 23.1. The van der Waals surface area contributed by atoms with Crippen LogP contribution >= 0.6 is 0 Å². The minimum atomic E-state index is -0.293. The van der Waals surface area contributed by atoms with Crippen molar-refractivity contribution in [2.45, 2.75) is 46.1 Å². The largest absolute Gasteiger partial charge is 0.461 e. The number of piperidine rings is 1. The number of likely N-dealkylation sites (tertiary alicyclic amines) is 1. The molecule has 2 aromatic carbocycles. The normalized spacial score (nSPS) is 15.2. The first-order valence-electron chi connectivity index (χ1n) is 11.9. The summed E-state index contributed by atoms with van der Waals surface area (Å²) in [5.41, 5.74) is 4.68. The molecular formula is C27H33N3O3. The Labute approximate surface area is 195 Å². The second kappa shape index (κ2) is 10.2. The highest BCUT2D eigenvalue weighted by Gasteiger charge is 2.25. The number of anilines is 1. The third kappa shape index (κ3) is 5.28. The van der Waals surface area contributed by atoms with E-state index < -0.39 is 0 Å². The zero-order valence-corrected chi connectivity index (χ0v) is 19.7. The molecule has 0 saturated carbocycles. The fourth-order valence-corrected chi connectivity index (χ4v) is 4.55. The van der Waals surface area contributed by atoms with Crippen LogP contribution in [-0.4, -0.2) is 41.5 Å². The molecular weight excluding hydrogens is 414 g/mol. The molecule has 174 valence electrons. The number of para-hydroxylation sites is 1. The number of nitrogens with one attached hydrogen (secondary N) is 2. The second-order valence-corrected chi connectivity index (χ2v) is 9.06. The van der Waals surface area contributed by atoms with Crippen molar-refractivity contribution in [1.82, 2.24) is 9.88 Å². The van der Waals surface area contributed by atoms with Gasteiger partial charge in [-0.25, -0.2) is 4.79 Å². The van der Waals surface area contributed by atoms with E-state index in [0.29, 0.717) is 18.2 Å². The fraction of sp³-hybridized carbons (Fsp3) is 0.407. The average Bonchev–Trinajstić information content (AvgIpc) is 3.18. The van der Waals surface area contributed by atoms with Gasteiger partial charge in [0.1, 0.15) is 5.69 Å². The van der Waals surface area contributed by atoms with E-state index in [4.69, 9.17) is 4.74 Å². The van der Waals surface area contributed by atoms with Crippen molar-refractivity contribution in [3.05, 3.63) is 65.4 Å². The van der Waals surface area contributed by atoms with E-state index in [-0.39, 0.29) is 17.8 Å². The van der Waals surface area contributed by atoms with Gasteiger partial charge in [-0.15, -0.1) is 0 Å². The van der Waals surface area contributed by atoms with Crippen molar-refractivity contribution in [3.8, 4) is 0 Å². The zero-order valence-electron chi connectivity index (χ0n) is 19.7. The number of aromatic nitrogens is 1. The summed E-state index contributed by atoms with van der Waals surface area (Å²) in [4.78, 5) is 30.3. The Hall–Kier alpha value is -3.12. The molecule has 1 saturated heterocycles. The Bertz CT molecular complexity index is 1130. The van der Waals surface area contributed by atoms with Gasteiger partial charge in [-0.3, -0.25) is 9.69 Å². The molecule has 1 aromatic heterocycles. The molecule has 0 bridgehead atoms. The number of hydrogen-bond donors (Lipinski definition) is 2. The zero-order chi connectivity index (χ0) is 23.4. The predicted molar refractivity (Wildman–Crippen MR) is 131 cm³/mol. The maximum Gasteiger partial charge on any atom is 0.355 e. The van der Waals surface area contributed by atoms with Crippen LogP contribution in [0.15, 0.2) is 48.5 Å². The lowest BCUT2D eigenvalue weighted by molar-refractivity contribution is -0.118. The van der Waals surface area contributed by atoms with Gasteiger partial charge < -0.3 is 15.0 Å². The number of carbonyl (C=O) groups is 2. The SMILES string of the molecule is CCOC(=O)c1[nH]c2ccccc2c1CN1CCC(c2cccc(NC(=O)C(C)C)c2)CC1. The van der Waals surface area contributed by atoms with Crippen molar-refractivity contribution in [1.29, 1.82) is 0 Å². The third-order valence-corrected chi connectivity index (χ3v) is 6.41. The molecule has 0 aliphatic carbocycles. The van der Waals surface area contributed by atoms with Crippen LogP contribution in [0.5, 0.6) is 0 Å². The van der Waals surface area contributed by atoms with Gasteiger partial charge in [-0.1, -0.05) is 44.2 Å². The lowest BCUT2D eigenvalue weighted by Gasteiger charge is -2.32. The molecule has 0 spiro atoms. The van der Waals surface area contributed by atoms with Crippen LogP contribution in [0, 0.1) is 5.92 Å². The van der Waals surface area contributed by atoms with Crippen LogP contribution < -0.4 is 5.32 Å². The Kier molecular flexibility index (Phi) is 7.14. The highest BCUT2D eigenvalue weighted by Crippen LogP contribution is 2.32. The molecule has 0 atom stereocenters. The second-order valence-electron chi connectivity index (χ2n) is 9.06. The van der Waals surface area contributed by atoms with Crippen LogP contribution in [0.4, 0.5) is 5.69 Å². The summed E-state index contributed by atoms with van der Waals surface area (Å²) < 4.78 is 5.30. The van der Waals surface area contributed by atoms with E-state index >= 15 is 0 Å². The lowest BCUT2D eigenvalue weighted by Crippen LogP contribution is -2.33. The first-order chi connectivity index (χ1) is 16.0. The van der Waals surface area contributed by atoms with Gasteiger partial charge in [0.25, 0.3) is 0 Å². The Morgan fingerprint density at radius 2 is 1.88 bits per heavy atom. The topological polar surface area (TPSA) is 74.4 Å². The molecule has 4 rings (SSSR count). The average molecular weight is 448 g/mol. The number of rotatable bonds is 7. The molecule has 0 unspecified atom stereocenters. The molecule has 2 N–H and O–H groups in total. The highest BCUT2D eigenvalue weighted by atomic mass is 16.5. The molecule has 6 heteroatoms. The summed E-state index contributed by atoms with van der Waals surface area (Å²) in [5.74, 6) is 0.169. The number of amides is 1. The molecule has 6 nitrogen and oxygen atoms in total. The number of nitrogens with zero attached hydrogens (tertiary/aromatic N) is 1. The number of hydrogen-bond acceptors (Lipinski definition) is 4. The Morgan fingerprint density at radius 1 is 1.12 bits per heavy atom. The maximum atomic E-state index is 12.6. The summed E-state index contributed by atoms with van der Waals surface area (Å²) >= 11 is 0. The summed E-state index contributed by atoms with van der Waals surface area (Å²) in [6.07, 6.45) is 2.08. The Balaban J connectivity index is 1.44. The molecule has 33 heavy (non-hydrogen) atoms. The third-order valence-electron chi connectivity index (χ3n) is 6.41. The van der Waals surface area contributed by atoms with Gasteiger partial charge in [-0.05, 0) is 62.5 Å². The van der Waals surface area contributed by atoms with Crippen molar-refractivity contribution in [2.75, 3.05) is 25.0 Å². The van der Waals surface area contributed by atoms with Crippen LogP contribution in [0.2, 0.25) is 0 Å². The van der Waals surface area contributed by atoms with Crippen molar-refractivity contribution in [3.63, 3.8) is 0 Å². The van der Waals surface area contributed by atoms with E-state index in [1.165, 1.54) is 5.56 Å². The number of ether oxygens (including phenoxy) is 1. The van der Waals surface area contributed by atoms with Crippen LogP contribution in [0.3, 0.4) is 0 Å². The molecule has 1 aliphatic heterocycles. The molecule has 1 amide bonds. The Morgan fingerprint density at radius 3 is 2.61 bits per heavy atom. The molecule has 3 aromatic rings. The van der Waals surface area contributed by atoms with Crippen molar-refractivity contribution < 1.29 is 14.3 Å². The first-order valence-corrected chi connectivity index (χ1v) is 11.9. The molecule has 0 radical (unpaired) electrons. The van der Waals surface area contributed by atoms with Gasteiger partial charge >= 0.3 is 5.97 Å². The van der Waals surface area contributed by atoms with Crippen LogP contribution in [-0.2, 0) is 16.1 Å². The van der Waals surface area contributed by atoms with E-state index in [1.54, 1.807) is 0 Å². The summed E-state index contributed by atoms with van der Waals surface area (Å²) in [5, 5.41) is 4.09. The minimum Gasteiger partial charge on any atom is -0.461 e. The van der Waals surface area contributed by atoms with E-state index in [2.05, 4.69) is 33.4 Å². The standard InChI is InChI=1S/C27H33N3O3/c1-4-33-27(32)25-23(22-10-5-6-11-24(22)29-25)17-30-14-12-19(13-15-30)20-8-7-9-21(16-20)28-26(31)18(2)3/h5-11,16,18-19,29H,4,12-15,17H2,1-3H3,(H,28,31). The van der Waals surface area contributed by atoms with Crippen molar-refractivity contribution >= 4 is 28.5 Å². The smallest absolute Gasteiger partial charge is 0.355 e. The summed E-state index contributed by atoms with van der Waals surface area (Å²) in [6.45, 7) is 8.61. The summed E-state index contributed by atoms with van der Waals surface area (Å²) in [7, 11) is 0. The number of benzene rings is 2. The number of H-pyrrole nitrogens is 1. The van der Waals surface area contributed by atoms with Crippen molar-refractivity contribution in [2.24, 2.45) is 5.92 Å².